The molecule has 1 aliphatic heterocycles. The van der Waals surface area contributed by atoms with Gasteiger partial charge >= 0.3 is 0 Å². The van der Waals surface area contributed by atoms with Gasteiger partial charge in [0.15, 0.2) is 0 Å². The van der Waals surface area contributed by atoms with Crippen LogP contribution in [-0.4, -0.2) is 11.8 Å². The van der Waals surface area contributed by atoms with Gasteiger partial charge in [0.2, 0.25) is 11.8 Å². The van der Waals surface area contributed by atoms with Crippen molar-refractivity contribution in [3.8, 4) is 0 Å². The summed E-state index contributed by atoms with van der Waals surface area (Å²) in [6.45, 7) is 3.32. The molecule has 1 N–H and O–H groups in total. The molecule has 1 aromatic carbocycles. The fourth-order valence-electron chi connectivity index (χ4n) is 2.90. The first-order valence-electron chi connectivity index (χ1n) is 6.37. The van der Waals surface area contributed by atoms with Gasteiger partial charge in [-0.25, -0.2) is 8.78 Å². The zero-order valence-corrected chi connectivity index (χ0v) is 10.7. The number of nitrogens with one attached hydrogen (secondary N) is 1. The Bertz CT molecular complexity index is 609. The van der Waals surface area contributed by atoms with E-state index in [1.165, 1.54) is 30.3 Å². The van der Waals surface area contributed by atoms with Crippen LogP contribution in [0.5, 0.6) is 0 Å². The first-order valence-corrected chi connectivity index (χ1v) is 6.37. The Kier molecular flexibility index (Phi) is 2.58. The van der Waals surface area contributed by atoms with Crippen LogP contribution in [0.3, 0.4) is 0 Å². The molecule has 1 heterocycles. The Labute approximate surface area is 114 Å². The molecule has 0 bridgehead atoms. The number of benzene rings is 1. The molecule has 1 saturated carbocycles. The lowest BCUT2D eigenvalue weighted by atomic mass is 9.92. The van der Waals surface area contributed by atoms with Crippen molar-refractivity contribution in [3.63, 3.8) is 0 Å². The Morgan fingerprint density at radius 1 is 1.35 bits per heavy atom. The second-order valence-electron chi connectivity index (χ2n) is 5.32. The number of hydrogen-bond acceptors (Lipinski definition) is 2. The fraction of sp³-hybridized carbons (Fsp3) is 0.333. The highest BCUT2D eigenvalue weighted by atomic mass is 19.3. The molecule has 20 heavy (non-hydrogen) atoms. The number of amides is 2. The van der Waals surface area contributed by atoms with Crippen molar-refractivity contribution >= 4 is 11.8 Å². The number of halogens is 2. The van der Waals surface area contributed by atoms with E-state index < -0.39 is 17.8 Å². The van der Waals surface area contributed by atoms with Crippen molar-refractivity contribution < 1.29 is 18.4 Å². The van der Waals surface area contributed by atoms with Crippen molar-refractivity contribution in [2.45, 2.75) is 24.2 Å². The Hall–Kier alpha value is -2.04. The molecule has 0 aromatic heterocycles. The molecule has 3 nitrogen and oxygen atoms in total. The molecule has 0 spiro atoms. The number of fused-ring (bicyclic) bond motifs is 1. The van der Waals surface area contributed by atoms with Gasteiger partial charge < -0.3 is 0 Å². The molecular weight excluding hydrogens is 264 g/mol. The maximum atomic E-state index is 13.7. The topological polar surface area (TPSA) is 46.2 Å². The highest BCUT2D eigenvalue weighted by Gasteiger charge is 2.69. The molecule has 2 aliphatic rings. The summed E-state index contributed by atoms with van der Waals surface area (Å²) in [6, 6.07) is 5.67. The summed E-state index contributed by atoms with van der Waals surface area (Å²) < 4.78 is 27.4. The van der Waals surface area contributed by atoms with Crippen molar-refractivity contribution in [2.24, 2.45) is 5.92 Å². The molecule has 1 saturated heterocycles. The van der Waals surface area contributed by atoms with Crippen LogP contribution < -0.4 is 5.32 Å². The normalized spacial score (nSPS) is 28.0. The predicted octanol–water partition coefficient (Wildman–Crippen LogP) is 2.27. The van der Waals surface area contributed by atoms with Crippen molar-refractivity contribution in [1.82, 2.24) is 5.32 Å². The minimum atomic E-state index is -2.96. The molecule has 2 atom stereocenters. The predicted molar refractivity (Wildman–Crippen MR) is 68.1 cm³/mol. The van der Waals surface area contributed by atoms with E-state index in [2.05, 4.69) is 11.9 Å². The quantitative estimate of drug-likeness (QED) is 0.678. The smallest absolute Gasteiger partial charge is 0.276 e. The zero-order chi connectivity index (χ0) is 14.5. The summed E-state index contributed by atoms with van der Waals surface area (Å²) in [6.07, 6.45) is 1.21. The van der Waals surface area contributed by atoms with E-state index in [-0.39, 0.29) is 23.3 Å². The molecule has 104 valence electrons. The molecule has 2 unspecified atom stereocenters. The van der Waals surface area contributed by atoms with Crippen LogP contribution in [0.2, 0.25) is 0 Å². The lowest BCUT2D eigenvalue weighted by Crippen LogP contribution is -2.30. The number of piperidine rings is 1. The Morgan fingerprint density at radius 2 is 2.00 bits per heavy atom. The number of hydrogen-bond donors (Lipinski definition) is 1. The van der Waals surface area contributed by atoms with Gasteiger partial charge in [0.25, 0.3) is 5.92 Å². The first-order chi connectivity index (χ1) is 9.41. The van der Waals surface area contributed by atoms with Gasteiger partial charge in [0, 0.05) is 12.0 Å². The molecule has 2 fully saturated rings. The summed E-state index contributed by atoms with van der Waals surface area (Å²) >= 11 is 0. The monoisotopic (exact) mass is 277 g/mol. The van der Waals surface area contributed by atoms with Crippen molar-refractivity contribution in [1.29, 1.82) is 0 Å². The van der Waals surface area contributed by atoms with Crippen LogP contribution in [-0.2, 0) is 20.9 Å². The van der Waals surface area contributed by atoms with Crippen LogP contribution in [0, 0.1) is 5.92 Å². The van der Waals surface area contributed by atoms with E-state index in [0.29, 0.717) is 12.0 Å². The molecule has 2 amide bonds. The number of imide groups is 1. The standard InChI is InChI=1S/C15H13F2NO2/c1-2-7-15(16,17)10-5-3-9(4-6-10)14-8-11(14)12(19)18-13(14)20/h2-6,11H,1,7-8H2,(H,18,19,20). The van der Waals surface area contributed by atoms with Crippen LogP contribution >= 0.6 is 0 Å². The number of carbonyl (C=O) groups is 2. The summed E-state index contributed by atoms with van der Waals surface area (Å²) in [5.74, 6) is -3.89. The minimum Gasteiger partial charge on any atom is -0.295 e. The maximum Gasteiger partial charge on any atom is 0.276 e. The van der Waals surface area contributed by atoms with Crippen molar-refractivity contribution in [3.05, 3.63) is 48.0 Å². The maximum absolute atomic E-state index is 13.7. The van der Waals surface area contributed by atoms with E-state index >= 15 is 0 Å². The number of carbonyl (C=O) groups excluding carboxylic acids is 2. The van der Waals surface area contributed by atoms with Crippen LogP contribution in [0.1, 0.15) is 24.0 Å². The lowest BCUT2D eigenvalue weighted by molar-refractivity contribution is -0.127. The summed E-state index contributed by atoms with van der Waals surface area (Å²) in [5, 5.41) is 2.28. The van der Waals surface area contributed by atoms with Gasteiger partial charge in [-0.15, -0.1) is 6.58 Å². The van der Waals surface area contributed by atoms with Crippen LogP contribution in [0.15, 0.2) is 36.9 Å². The molecule has 1 aromatic rings. The largest absolute Gasteiger partial charge is 0.295 e. The summed E-state index contributed by atoms with van der Waals surface area (Å²) in [5.41, 5.74) is -0.299. The average molecular weight is 277 g/mol. The van der Waals surface area contributed by atoms with E-state index in [1.807, 2.05) is 0 Å². The fourth-order valence-corrected chi connectivity index (χ4v) is 2.90. The third-order valence-electron chi connectivity index (χ3n) is 4.14. The molecule has 1 aliphatic carbocycles. The summed E-state index contributed by atoms with van der Waals surface area (Å²) in [7, 11) is 0. The van der Waals surface area contributed by atoms with Crippen LogP contribution in [0.25, 0.3) is 0 Å². The Balaban J connectivity index is 1.90. The van der Waals surface area contributed by atoms with E-state index in [1.54, 1.807) is 0 Å². The molecular formula is C15H13F2NO2. The van der Waals surface area contributed by atoms with Crippen LogP contribution in [0.4, 0.5) is 8.78 Å². The highest BCUT2D eigenvalue weighted by molar-refractivity contribution is 6.15. The lowest BCUT2D eigenvalue weighted by Gasteiger charge is -2.16. The number of allylic oxidation sites excluding steroid dienone is 1. The highest BCUT2D eigenvalue weighted by Crippen LogP contribution is 2.57. The molecule has 5 heteroatoms. The third kappa shape index (κ3) is 1.62. The average Bonchev–Trinajstić information content (AvgIpc) is 3.10. The zero-order valence-electron chi connectivity index (χ0n) is 10.7. The third-order valence-corrected chi connectivity index (χ3v) is 4.14. The van der Waals surface area contributed by atoms with E-state index in [9.17, 15) is 18.4 Å². The second-order valence-corrected chi connectivity index (χ2v) is 5.32. The Morgan fingerprint density at radius 3 is 2.45 bits per heavy atom. The SMILES string of the molecule is C=CCC(F)(F)c1ccc(C23CC2C(=O)NC3=O)cc1. The summed E-state index contributed by atoms with van der Waals surface area (Å²) in [4.78, 5) is 23.3. The van der Waals surface area contributed by atoms with Crippen molar-refractivity contribution in [2.75, 3.05) is 0 Å². The second kappa shape index (κ2) is 3.98. The minimum absolute atomic E-state index is 0.112. The number of rotatable bonds is 4. The van der Waals surface area contributed by atoms with Gasteiger partial charge in [-0.2, -0.15) is 0 Å². The van der Waals surface area contributed by atoms with E-state index in [4.69, 9.17) is 0 Å². The first kappa shape index (κ1) is 13.0. The van der Waals surface area contributed by atoms with E-state index in [0.717, 1.165) is 0 Å². The number of alkyl halides is 2. The van der Waals surface area contributed by atoms with Gasteiger partial charge in [-0.05, 0) is 12.0 Å². The molecule has 0 radical (unpaired) electrons. The van der Waals surface area contributed by atoms with Gasteiger partial charge in [0.05, 0.1) is 11.3 Å². The van der Waals surface area contributed by atoms with Gasteiger partial charge in [-0.3, -0.25) is 14.9 Å². The van der Waals surface area contributed by atoms with Gasteiger partial charge in [0.1, 0.15) is 0 Å². The van der Waals surface area contributed by atoms with Gasteiger partial charge in [-0.1, -0.05) is 30.3 Å². The molecule has 3 rings (SSSR count).